The molecular formula is C22H20FNO3S. The van der Waals surface area contributed by atoms with Gasteiger partial charge in [0.05, 0.1) is 6.26 Å². The van der Waals surface area contributed by atoms with E-state index in [9.17, 15) is 12.8 Å². The molecule has 0 amide bonds. The van der Waals surface area contributed by atoms with E-state index in [1.54, 1.807) is 24.3 Å². The number of ether oxygens (including phenoxy) is 1. The van der Waals surface area contributed by atoms with Gasteiger partial charge in [-0.2, -0.15) is 0 Å². The summed E-state index contributed by atoms with van der Waals surface area (Å²) in [6.45, 7) is 0.398. The Hall–Kier alpha value is -2.86. The molecule has 0 saturated carbocycles. The van der Waals surface area contributed by atoms with E-state index < -0.39 is 10.0 Å². The van der Waals surface area contributed by atoms with Crippen molar-refractivity contribution in [1.29, 1.82) is 0 Å². The first kappa shape index (κ1) is 18.5. The molecule has 0 atom stereocenters. The van der Waals surface area contributed by atoms with Crippen LogP contribution in [0.1, 0.15) is 29.5 Å². The molecule has 144 valence electrons. The van der Waals surface area contributed by atoms with Crippen molar-refractivity contribution < 1.29 is 17.5 Å². The molecule has 6 heteroatoms. The van der Waals surface area contributed by atoms with E-state index in [0.29, 0.717) is 12.3 Å². The minimum atomic E-state index is -3.37. The third-order valence-electron chi connectivity index (χ3n) is 4.68. The molecule has 2 aliphatic rings. The van der Waals surface area contributed by atoms with Gasteiger partial charge in [0.15, 0.2) is 0 Å². The summed E-state index contributed by atoms with van der Waals surface area (Å²) in [4.78, 5) is 0. The van der Waals surface area contributed by atoms with Gasteiger partial charge in [0.1, 0.15) is 18.2 Å². The fourth-order valence-electron chi connectivity index (χ4n) is 3.50. The normalized spacial score (nSPS) is 17.6. The van der Waals surface area contributed by atoms with Gasteiger partial charge < -0.3 is 4.74 Å². The van der Waals surface area contributed by atoms with Gasteiger partial charge in [0, 0.05) is 17.7 Å². The molecule has 28 heavy (non-hydrogen) atoms. The van der Waals surface area contributed by atoms with E-state index in [2.05, 4.69) is 10.8 Å². The van der Waals surface area contributed by atoms with E-state index in [4.69, 9.17) is 4.74 Å². The highest BCUT2D eigenvalue weighted by Crippen LogP contribution is 2.38. The molecule has 2 aromatic rings. The van der Waals surface area contributed by atoms with Gasteiger partial charge in [0.25, 0.3) is 0 Å². The van der Waals surface area contributed by atoms with Gasteiger partial charge in [-0.3, -0.25) is 4.72 Å². The number of hydrogen-bond acceptors (Lipinski definition) is 3. The molecule has 0 unspecified atom stereocenters. The summed E-state index contributed by atoms with van der Waals surface area (Å²) in [5.41, 5.74) is 4.81. The first-order valence-corrected chi connectivity index (χ1v) is 10.9. The topological polar surface area (TPSA) is 55.4 Å². The minimum Gasteiger partial charge on any atom is -0.493 e. The van der Waals surface area contributed by atoms with Gasteiger partial charge in [-0.1, -0.05) is 30.4 Å². The van der Waals surface area contributed by atoms with Crippen LogP contribution in [0.15, 0.2) is 65.9 Å². The van der Waals surface area contributed by atoms with Crippen molar-refractivity contribution in [1.82, 2.24) is 0 Å². The molecule has 0 radical (unpaired) electrons. The van der Waals surface area contributed by atoms with E-state index in [1.165, 1.54) is 12.1 Å². The predicted octanol–water partition coefficient (Wildman–Crippen LogP) is 4.87. The maximum atomic E-state index is 14.0. The summed E-state index contributed by atoms with van der Waals surface area (Å²) in [6.07, 6.45) is 8.88. The van der Waals surface area contributed by atoms with Crippen LogP contribution in [-0.4, -0.2) is 14.7 Å². The third-order valence-corrected chi connectivity index (χ3v) is 5.28. The number of sulfonamides is 1. The van der Waals surface area contributed by atoms with Crippen LogP contribution >= 0.6 is 0 Å². The molecule has 1 heterocycles. The Labute approximate surface area is 164 Å². The largest absolute Gasteiger partial charge is 0.493 e. The Bertz CT molecular complexity index is 1130. The second kappa shape index (κ2) is 7.28. The zero-order valence-corrected chi connectivity index (χ0v) is 16.2. The molecule has 2 aromatic carbocycles. The summed E-state index contributed by atoms with van der Waals surface area (Å²) < 4.78 is 45.6. The van der Waals surface area contributed by atoms with Crippen molar-refractivity contribution in [2.75, 3.05) is 11.0 Å². The van der Waals surface area contributed by atoms with Crippen LogP contribution < -0.4 is 4.72 Å². The van der Waals surface area contributed by atoms with Gasteiger partial charge >= 0.3 is 0 Å². The lowest BCUT2D eigenvalue weighted by Crippen LogP contribution is -2.09. The quantitative estimate of drug-likeness (QED) is 0.804. The Morgan fingerprint density at radius 2 is 2.04 bits per heavy atom. The molecule has 1 N–H and O–H groups in total. The van der Waals surface area contributed by atoms with Crippen LogP contribution in [0.2, 0.25) is 0 Å². The Balaban J connectivity index is 1.86. The fraction of sp³-hybridized carbons (Fsp3) is 0.182. The molecule has 1 aliphatic carbocycles. The number of anilines is 1. The molecular weight excluding hydrogens is 377 g/mol. The summed E-state index contributed by atoms with van der Waals surface area (Å²) in [6, 6.07) is 11.8. The van der Waals surface area contributed by atoms with Crippen LogP contribution in [0.3, 0.4) is 0 Å². The Kier molecular flexibility index (Phi) is 4.81. The van der Waals surface area contributed by atoms with Crippen molar-refractivity contribution in [3.05, 3.63) is 88.5 Å². The highest BCUT2D eigenvalue weighted by molar-refractivity contribution is 7.92. The van der Waals surface area contributed by atoms with E-state index in [0.717, 1.165) is 52.7 Å². The van der Waals surface area contributed by atoms with Crippen LogP contribution in [0, 0.1) is 5.82 Å². The number of benzene rings is 2. The molecule has 0 bridgehead atoms. The number of nitrogens with one attached hydrogen (secondary N) is 1. The molecule has 0 saturated heterocycles. The predicted molar refractivity (Wildman–Crippen MR) is 109 cm³/mol. The second-order valence-corrected chi connectivity index (χ2v) is 8.67. The number of fused-ring (bicyclic) bond motifs is 1. The SMILES string of the molecule is CS(=O)(=O)Nc1cccc(/C=C2\C3=C(CCC=C3)OCc3ccc(F)cc32)c1. The third kappa shape index (κ3) is 4.02. The highest BCUT2D eigenvalue weighted by Gasteiger charge is 2.22. The van der Waals surface area contributed by atoms with Crippen molar-refractivity contribution in [2.45, 2.75) is 19.4 Å². The second-order valence-electron chi connectivity index (χ2n) is 6.93. The number of allylic oxidation sites excluding steroid dienone is 5. The average Bonchev–Trinajstić information content (AvgIpc) is 2.78. The van der Waals surface area contributed by atoms with E-state index in [1.807, 2.05) is 18.2 Å². The van der Waals surface area contributed by atoms with Crippen LogP contribution in [0.25, 0.3) is 11.6 Å². The van der Waals surface area contributed by atoms with Gasteiger partial charge in [-0.05, 0) is 59.0 Å². The molecule has 0 aromatic heterocycles. The number of hydrogen-bond donors (Lipinski definition) is 1. The van der Waals surface area contributed by atoms with E-state index in [-0.39, 0.29) is 5.82 Å². The summed E-state index contributed by atoms with van der Waals surface area (Å²) in [7, 11) is -3.37. The first-order valence-electron chi connectivity index (χ1n) is 9.00. The van der Waals surface area contributed by atoms with Crippen LogP contribution in [0.5, 0.6) is 0 Å². The molecule has 1 aliphatic heterocycles. The van der Waals surface area contributed by atoms with Gasteiger partial charge in [0.2, 0.25) is 10.0 Å². The Morgan fingerprint density at radius 3 is 2.86 bits per heavy atom. The average molecular weight is 397 g/mol. The van der Waals surface area contributed by atoms with Crippen LogP contribution in [-0.2, 0) is 21.4 Å². The zero-order valence-electron chi connectivity index (χ0n) is 15.4. The maximum Gasteiger partial charge on any atom is 0.229 e. The van der Waals surface area contributed by atoms with E-state index >= 15 is 0 Å². The van der Waals surface area contributed by atoms with Crippen molar-refractivity contribution in [3.8, 4) is 0 Å². The van der Waals surface area contributed by atoms with Gasteiger partial charge in [-0.25, -0.2) is 12.8 Å². The molecule has 4 rings (SSSR count). The lowest BCUT2D eigenvalue weighted by atomic mass is 9.89. The Morgan fingerprint density at radius 1 is 1.18 bits per heavy atom. The standard InChI is InChI=1S/C22H20FNO3S/c1-28(25,26)24-18-6-4-5-15(11-18)12-21-19-7-2-3-8-22(19)27-14-16-9-10-17(23)13-20(16)21/h2,4-7,9-13,24H,3,8,14H2,1H3/b21-12+. The minimum absolute atomic E-state index is 0.305. The van der Waals surface area contributed by atoms with Crippen molar-refractivity contribution >= 4 is 27.4 Å². The summed E-state index contributed by atoms with van der Waals surface area (Å²) in [5, 5.41) is 0. The monoisotopic (exact) mass is 397 g/mol. The smallest absolute Gasteiger partial charge is 0.229 e. The summed E-state index contributed by atoms with van der Waals surface area (Å²) in [5.74, 6) is 0.594. The maximum absolute atomic E-state index is 14.0. The van der Waals surface area contributed by atoms with Crippen molar-refractivity contribution in [2.24, 2.45) is 0 Å². The summed E-state index contributed by atoms with van der Waals surface area (Å²) >= 11 is 0. The lowest BCUT2D eigenvalue weighted by Gasteiger charge is -2.16. The molecule has 0 spiro atoms. The lowest BCUT2D eigenvalue weighted by molar-refractivity contribution is 0.188. The highest BCUT2D eigenvalue weighted by atomic mass is 32.2. The van der Waals surface area contributed by atoms with Gasteiger partial charge in [-0.15, -0.1) is 0 Å². The first-order chi connectivity index (χ1) is 13.4. The zero-order chi connectivity index (χ0) is 19.7. The molecule has 0 fully saturated rings. The van der Waals surface area contributed by atoms with Crippen molar-refractivity contribution in [3.63, 3.8) is 0 Å². The fourth-order valence-corrected chi connectivity index (χ4v) is 4.05. The van der Waals surface area contributed by atoms with Crippen LogP contribution in [0.4, 0.5) is 10.1 Å². The molecule has 4 nitrogen and oxygen atoms in total. The number of halogens is 1. The number of rotatable bonds is 3.